The van der Waals surface area contributed by atoms with Gasteiger partial charge in [-0.05, 0) is 59.1 Å². The monoisotopic (exact) mass is 366 g/mol. The average molecular weight is 367 g/mol. The van der Waals surface area contributed by atoms with Gasteiger partial charge in [-0.15, -0.1) is 0 Å². The number of para-hydroxylation sites is 1. The predicted octanol–water partition coefficient (Wildman–Crippen LogP) is 3.17. The van der Waals surface area contributed by atoms with Crippen molar-refractivity contribution in [1.82, 2.24) is 0 Å². The number of hydrogen-bond donors (Lipinski definition) is 1. The smallest absolute Gasteiger partial charge is 0.264 e. The summed E-state index contributed by atoms with van der Waals surface area (Å²) >= 11 is 3.29. The van der Waals surface area contributed by atoms with Crippen LogP contribution in [-0.2, 0) is 16.4 Å². The van der Waals surface area contributed by atoms with Crippen molar-refractivity contribution in [3.63, 3.8) is 0 Å². The zero-order chi connectivity index (χ0) is 15.2. The summed E-state index contributed by atoms with van der Waals surface area (Å²) in [5.74, 6) is 0. The third kappa shape index (κ3) is 2.32. The molecule has 2 aromatic carbocycles. The lowest BCUT2D eigenvalue weighted by Gasteiger charge is -2.24. The van der Waals surface area contributed by atoms with Crippen molar-refractivity contribution in [3.05, 3.63) is 52.5 Å². The third-order valence-corrected chi connectivity index (χ3v) is 6.28. The highest BCUT2D eigenvalue weighted by molar-refractivity contribution is 9.10. The van der Waals surface area contributed by atoms with E-state index in [4.69, 9.17) is 5.73 Å². The third-order valence-electron chi connectivity index (χ3n) is 3.67. The van der Waals surface area contributed by atoms with Crippen LogP contribution >= 0.6 is 15.9 Å². The number of nitrogen functional groups attached to an aromatic ring is 1. The topological polar surface area (TPSA) is 63.4 Å². The highest BCUT2D eigenvalue weighted by Crippen LogP contribution is 2.37. The van der Waals surface area contributed by atoms with Gasteiger partial charge in [-0.1, -0.05) is 18.2 Å². The molecule has 0 amide bonds. The predicted molar refractivity (Wildman–Crippen MR) is 87.8 cm³/mol. The van der Waals surface area contributed by atoms with Gasteiger partial charge in [0.15, 0.2) is 0 Å². The molecule has 1 atom stereocenters. The first-order valence-electron chi connectivity index (χ1n) is 6.58. The Morgan fingerprint density at radius 3 is 2.67 bits per heavy atom. The van der Waals surface area contributed by atoms with Gasteiger partial charge < -0.3 is 5.73 Å². The summed E-state index contributed by atoms with van der Waals surface area (Å²) < 4.78 is 28.0. The number of rotatable bonds is 2. The molecule has 0 aliphatic carbocycles. The molecule has 0 bridgehead atoms. The minimum Gasteiger partial charge on any atom is -0.398 e. The minimum absolute atomic E-state index is 0.0938. The maximum absolute atomic E-state index is 12.9. The summed E-state index contributed by atoms with van der Waals surface area (Å²) in [6.07, 6.45) is 0.728. The highest BCUT2D eigenvalue weighted by Gasteiger charge is 2.35. The Kier molecular flexibility index (Phi) is 3.45. The van der Waals surface area contributed by atoms with Crippen molar-refractivity contribution in [2.75, 3.05) is 10.0 Å². The minimum atomic E-state index is -3.59. The van der Waals surface area contributed by atoms with Crippen LogP contribution in [0, 0.1) is 0 Å². The summed E-state index contributed by atoms with van der Waals surface area (Å²) in [4.78, 5) is 0.243. The molecule has 0 radical (unpaired) electrons. The molecule has 0 spiro atoms. The van der Waals surface area contributed by atoms with E-state index >= 15 is 0 Å². The molecule has 1 heterocycles. The molecule has 1 aliphatic heterocycles. The fraction of sp³-hybridized carbons (Fsp3) is 0.200. The molecule has 1 unspecified atom stereocenters. The fourth-order valence-corrected chi connectivity index (χ4v) is 4.93. The summed E-state index contributed by atoms with van der Waals surface area (Å²) in [6, 6.07) is 12.2. The van der Waals surface area contributed by atoms with E-state index in [1.54, 1.807) is 18.2 Å². The Hall–Kier alpha value is -1.53. The zero-order valence-electron chi connectivity index (χ0n) is 11.5. The first-order chi connectivity index (χ1) is 9.91. The molecule has 4 nitrogen and oxygen atoms in total. The van der Waals surface area contributed by atoms with Crippen LogP contribution in [0.3, 0.4) is 0 Å². The van der Waals surface area contributed by atoms with Crippen LogP contribution in [0.15, 0.2) is 51.8 Å². The van der Waals surface area contributed by atoms with Crippen molar-refractivity contribution in [3.8, 4) is 0 Å². The van der Waals surface area contributed by atoms with Crippen LogP contribution in [0.2, 0.25) is 0 Å². The van der Waals surface area contributed by atoms with Gasteiger partial charge >= 0.3 is 0 Å². The number of benzene rings is 2. The first kappa shape index (κ1) is 14.4. The van der Waals surface area contributed by atoms with E-state index in [-0.39, 0.29) is 10.9 Å². The second-order valence-corrected chi connectivity index (χ2v) is 7.84. The number of anilines is 2. The highest BCUT2D eigenvalue weighted by atomic mass is 79.9. The van der Waals surface area contributed by atoms with Crippen LogP contribution in [-0.4, -0.2) is 14.5 Å². The van der Waals surface area contributed by atoms with Crippen LogP contribution < -0.4 is 10.0 Å². The molecule has 0 saturated carbocycles. The molecule has 2 aromatic rings. The number of sulfonamides is 1. The summed E-state index contributed by atoms with van der Waals surface area (Å²) in [5.41, 5.74) is 8.07. The number of nitrogens with zero attached hydrogens (tertiary/aromatic N) is 1. The Labute approximate surface area is 132 Å². The van der Waals surface area contributed by atoms with Crippen LogP contribution in [0.4, 0.5) is 11.4 Å². The molecule has 2 N–H and O–H groups in total. The average Bonchev–Trinajstić information content (AvgIpc) is 2.78. The first-order valence-corrected chi connectivity index (χ1v) is 8.82. The second-order valence-electron chi connectivity index (χ2n) is 5.17. The van der Waals surface area contributed by atoms with Gasteiger partial charge in [0, 0.05) is 16.2 Å². The van der Waals surface area contributed by atoms with Gasteiger partial charge in [0.2, 0.25) is 0 Å². The Balaban J connectivity index is 2.12. The van der Waals surface area contributed by atoms with Crippen molar-refractivity contribution in [2.45, 2.75) is 24.3 Å². The van der Waals surface area contributed by atoms with E-state index in [2.05, 4.69) is 15.9 Å². The molecule has 1 aliphatic rings. The number of fused-ring (bicyclic) bond motifs is 1. The van der Waals surface area contributed by atoms with E-state index in [0.29, 0.717) is 10.2 Å². The quantitative estimate of drug-likeness (QED) is 0.830. The van der Waals surface area contributed by atoms with E-state index in [9.17, 15) is 8.42 Å². The van der Waals surface area contributed by atoms with Crippen molar-refractivity contribution in [2.24, 2.45) is 0 Å². The van der Waals surface area contributed by atoms with Crippen LogP contribution in [0.25, 0.3) is 0 Å². The van der Waals surface area contributed by atoms with Gasteiger partial charge in [0.25, 0.3) is 10.0 Å². The molecule has 0 aromatic heterocycles. The van der Waals surface area contributed by atoms with E-state index in [1.165, 1.54) is 4.31 Å². The van der Waals surface area contributed by atoms with Gasteiger partial charge in [0.05, 0.1) is 10.6 Å². The van der Waals surface area contributed by atoms with Crippen molar-refractivity contribution in [1.29, 1.82) is 0 Å². The lowest BCUT2D eigenvalue weighted by Crippen LogP contribution is -2.35. The lowest BCUT2D eigenvalue weighted by molar-refractivity contribution is 0.584. The molecule has 3 rings (SSSR count). The van der Waals surface area contributed by atoms with Gasteiger partial charge in [0.1, 0.15) is 0 Å². The molecule has 0 saturated heterocycles. The van der Waals surface area contributed by atoms with Crippen molar-refractivity contribution < 1.29 is 8.42 Å². The standard InChI is InChI=1S/C15H15BrN2O2S/c1-10-8-11-4-2-3-5-15(11)18(10)21(19,20)12-6-7-14(17)13(16)9-12/h2-7,9-10H,8,17H2,1H3. The Bertz CT molecular complexity index is 805. The normalized spacial score (nSPS) is 17.8. The van der Waals surface area contributed by atoms with E-state index in [0.717, 1.165) is 17.7 Å². The van der Waals surface area contributed by atoms with Gasteiger partial charge in [-0.3, -0.25) is 4.31 Å². The van der Waals surface area contributed by atoms with Gasteiger partial charge in [-0.2, -0.15) is 0 Å². The number of hydrogen-bond acceptors (Lipinski definition) is 3. The molecule has 110 valence electrons. The van der Waals surface area contributed by atoms with Crippen LogP contribution in [0.5, 0.6) is 0 Å². The molecule has 0 fully saturated rings. The van der Waals surface area contributed by atoms with Crippen LogP contribution in [0.1, 0.15) is 12.5 Å². The summed E-state index contributed by atoms with van der Waals surface area (Å²) in [7, 11) is -3.59. The molecular formula is C15H15BrN2O2S. The second kappa shape index (κ2) is 5.03. The number of halogens is 1. The van der Waals surface area contributed by atoms with Crippen molar-refractivity contribution >= 4 is 37.3 Å². The SMILES string of the molecule is CC1Cc2ccccc2N1S(=O)(=O)c1ccc(N)c(Br)c1. The Morgan fingerprint density at radius 2 is 1.95 bits per heavy atom. The fourth-order valence-electron chi connectivity index (χ4n) is 2.69. The molecule has 21 heavy (non-hydrogen) atoms. The van der Waals surface area contributed by atoms with E-state index in [1.807, 2.05) is 31.2 Å². The number of nitrogens with two attached hydrogens (primary N) is 1. The molecule has 6 heteroatoms. The maximum Gasteiger partial charge on any atom is 0.264 e. The summed E-state index contributed by atoms with van der Waals surface area (Å²) in [5, 5.41) is 0. The largest absolute Gasteiger partial charge is 0.398 e. The van der Waals surface area contributed by atoms with Gasteiger partial charge in [-0.25, -0.2) is 8.42 Å². The lowest BCUT2D eigenvalue weighted by atomic mass is 10.1. The zero-order valence-corrected chi connectivity index (χ0v) is 13.9. The summed E-state index contributed by atoms with van der Waals surface area (Å²) in [6.45, 7) is 1.92. The van der Waals surface area contributed by atoms with E-state index < -0.39 is 10.0 Å². The molecular weight excluding hydrogens is 352 g/mol. The maximum atomic E-state index is 12.9. The Morgan fingerprint density at radius 1 is 1.24 bits per heavy atom.